The third-order valence-corrected chi connectivity index (χ3v) is 4.52. The fraction of sp³-hybridized carbons (Fsp3) is 0.364. The van der Waals surface area contributed by atoms with Crippen LogP contribution in [0.15, 0.2) is 54.6 Å². The highest BCUT2D eigenvalue weighted by Crippen LogP contribution is 2.32. The fourth-order valence-corrected chi connectivity index (χ4v) is 3.28. The maximum absolute atomic E-state index is 13.0. The molecule has 0 aliphatic carbocycles. The van der Waals surface area contributed by atoms with Gasteiger partial charge in [-0.15, -0.1) is 0 Å². The molecule has 6 nitrogen and oxygen atoms in total. The first-order chi connectivity index (χ1) is 13.2. The fourth-order valence-electron chi connectivity index (χ4n) is 3.28. The van der Waals surface area contributed by atoms with Crippen molar-refractivity contribution in [1.29, 1.82) is 0 Å². The predicted molar refractivity (Wildman–Crippen MR) is 111 cm³/mol. The standard InChI is InChI=1S/C22H27N3O3/c1-22(2,3)28-21(27)23-17-15-25(14-16-10-6-5-7-11-16)19-13-9-8-12-18(19)24(4)20(17)26/h5-13,17H,14-15H2,1-4H3,(H,23,27). The van der Waals surface area contributed by atoms with E-state index in [0.717, 1.165) is 16.9 Å². The molecule has 2 amide bonds. The number of carbonyl (C=O) groups excluding carboxylic acids is 2. The molecule has 0 radical (unpaired) electrons. The lowest BCUT2D eigenvalue weighted by Crippen LogP contribution is -2.52. The summed E-state index contributed by atoms with van der Waals surface area (Å²) in [7, 11) is 1.73. The zero-order valence-electron chi connectivity index (χ0n) is 16.8. The van der Waals surface area contributed by atoms with Crippen LogP contribution in [-0.2, 0) is 16.1 Å². The van der Waals surface area contributed by atoms with Gasteiger partial charge in [-0.2, -0.15) is 0 Å². The van der Waals surface area contributed by atoms with Crippen molar-refractivity contribution in [3.8, 4) is 0 Å². The third kappa shape index (κ3) is 4.63. The lowest BCUT2D eigenvalue weighted by molar-refractivity contribution is -0.120. The molecule has 1 unspecified atom stereocenters. The van der Waals surface area contributed by atoms with Crippen molar-refractivity contribution in [1.82, 2.24) is 5.32 Å². The first-order valence-corrected chi connectivity index (χ1v) is 9.39. The average Bonchev–Trinajstić information content (AvgIpc) is 2.73. The molecule has 28 heavy (non-hydrogen) atoms. The molecule has 1 aliphatic rings. The van der Waals surface area contributed by atoms with Crippen LogP contribution in [-0.4, -0.2) is 37.2 Å². The second kappa shape index (κ2) is 7.92. The van der Waals surface area contributed by atoms with Crippen LogP contribution in [0.25, 0.3) is 0 Å². The molecular formula is C22H27N3O3. The van der Waals surface area contributed by atoms with Gasteiger partial charge in [0.2, 0.25) is 0 Å². The van der Waals surface area contributed by atoms with Gasteiger partial charge in [0.1, 0.15) is 11.6 Å². The number of rotatable bonds is 3. The minimum atomic E-state index is -0.712. The number of fused-ring (bicyclic) bond motifs is 1. The summed E-state index contributed by atoms with van der Waals surface area (Å²) in [4.78, 5) is 29.1. The van der Waals surface area contributed by atoms with Gasteiger partial charge < -0.3 is 19.9 Å². The largest absolute Gasteiger partial charge is 0.444 e. The van der Waals surface area contributed by atoms with Gasteiger partial charge in [-0.1, -0.05) is 42.5 Å². The average molecular weight is 381 g/mol. The number of nitrogens with one attached hydrogen (secondary N) is 1. The van der Waals surface area contributed by atoms with Gasteiger partial charge in [0.15, 0.2) is 0 Å². The van der Waals surface area contributed by atoms with E-state index in [1.807, 2.05) is 42.5 Å². The maximum atomic E-state index is 13.0. The molecule has 6 heteroatoms. The highest BCUT2D eigenvalue weighted by molar-refractivity contribution is 6.02. The Balaban J connectivity index is 1.90. The van der Waals surface area contributed by atoms with E-state index in [1.165, 1.54) is 0 Å². The lowest BCUT2D eigenvalue weighted by atomic mass is 10.1. The van der Waals surface area contributed by atoms with Crippen molar-refractivity contribution in [2.75, 3.05) is 23.4 Å². The van der Waals surface area contributed by atoms with Gasteiger partial charge in [0.05, 0.1) is 11.4 Å². The molecule has 1 aliphatic heterocycles. The summed E-state index contributed by atoms with van der Waals surface area (Å²) >= 11 is 0. The van der Waals surface area contributed by atoms with E-state index in [0.29, 0.717) is 13.1 Å². The van der Waals surface area contributed by atoms with E-state index < -0.39 is 17.7 Å². The third-order valence-electron chi connectivity index (χ3n) is 4.52. The summed E-state index contributed by atoms with van der Waals surface area (Å²) in [6.45, 7) is 6.38. The summed E-state index contributed by atoms with van der Waals surface area (Å²) in [5, 5.41) is 2.75. The highest BCUT2D eigenvalue weighted by Gasteiger charge is 2.33. The van der Waals surface area contributed by atoms with Crippen LogP contribution in [0.1, 0.15) is 26.3 Å². The van der Waals surface area contributed by atoms with Crippen molar-refractivity contribution in [2.24, 2.45) is 0 Å². The van der Waals surface area contributed by atoms with Gasteiger partial charge in [-0.05, 0) is 38.5 Å². The van der Waals surface area contributed by atoms with Gasteiger partial charge in [-0.3, -0.25) is 4.79 Å². The molecule has 0 saturated carbocycles. The number of ether oxygens (including phenoxy) is 1. The van der Waals surface area contributed by atoms with Crippen molar-refractivity contribution in [2.45, 2.75) is 39.0 Å². The van der Waals surface area contributed by atoms with Gasteiger partial charge in [-0.25, -0.2) is 4.79 Å². The van der Waals surface area contributed by atoms with Crippen LogP contribution in [0.4, 0.5) is 16.2 Å². The first-order valence-electron chi connectivity index (χ1n) is 9.39. The second-order valence-corrected chi connectivity index (χ2v) is 7.95. The molecule has 148 valence electrons. The minimum Gasteiger partial charge on any atom is -0.444 e. The zero-order chi connectivity index (χ0) is 20.3. The molecule has 2 aromatic rings. The number of hydrogen-bond acceptors (Lipinski definition) is 4. The van der Waals surface area contributed by atoms with E-state index in [-0.39, 0.29) is 5.91 Å². The van der Waals surface area contributed by atoms with Gasteiger partial charge in [0, 0.05) is 20.1 Å². The molecule has 1 heterocycles. The number of hydrogen-bond donors (Lipinski definition) is 1. The SMILES string of the molecule is CN1C(=O)C(NC(=O)OC(C)(C)C)CN(Cc2ccccc2)c2ccccc21. The summed E-state index contributed by atoms with van der Waals surface area (Å²) in [5.74, 6) is -0.172. The first kappa shape index (κ1) is 19.7. The van der Waals surface area contributed by atoms with Gasteiger partial charge >= 0.3 is 6.09 Å². The van der Waals surface area contributed by atoms with Crippen LogP contribution in [0.2, 0.25) is 0 Å². The molecule has 2 aromatic carbocycles. The number of amides is 2. The number of alkyl carbamates (subject to hydrolysis) is 1. The number of likely N-dealkylation sites (N-methyl/N-ethyl adjacent to an activating group) is 1. The summed E-state index contributed by atoms with van der Waals surface area (Å²) < 4.78 is 5.36. The van der Waals surface area contributed by atoms with Crippen LogP contribution in [0.3, 0.4) is 0 Å². The minimum absolute atomic E-state index is 0.172. The van der Waals surface area contributed by atoms with E-state index >= 15 is 0 Å². The van der Waals surface area contributed by atoms with E-state index in [1.54, 1.807) is 32.7 Å². The smallest absolute Gasteiger partial charge is 0.408 e. The number of benzene rings is 2. The molecule has 1 N–H and O–H groups in total. The van der Waals surface area contributed by atoms with Crippen LogP contribution in [0.5, 0.6) is 0 Å². The molecule has 0 aromatic heterocycles. The number of para-hydroxylation sites is 2. The van der Waals surface area contributed by atoms with Crippen LogP contribution < -0.4 is 15.1 Å². The number of nitrogens with zero attached hydrogens (tertiary/aromatic N) is 2. The van der Waals surface area contributed by atoms with Crippen molar-refractivity contribution in [3.63, 3.8) is 0 Å². The van der Waals surface area contributed by atoms with E-state index in [9.17, 15) is 9.59 Å². The zero-order valence-corrected chi connectivity index (χ0v) is 16.8. The van der Waals surface area contributed by atoms with Gasteiger partial charge in [0.25, 0.3) is 5.91 Å². The van der Waals surface area contributed by atoms with Crippen molar-refractivity contribution in [3.05, 3.63) is 60.2 Å². The monoisotopic (exact) mass is 381 g/mol. The van der Waals surface area contributed by atoms with E-state index in [2.05, 4.69) is 22.3 Å². The van der Waals surface area contributed by atoms with Crippen molar-refractivity contribution < 1.29 is 14.3 Å². The Labute approximate surface area is 166 Å². The summed E-state index contributed by atoms with van der Waals surface area (Å²) in [6.07, 6.45) is -0.593. The molecule has 0 bridgehead atoms. The molecule has 0 fully saturated rings. The highest BCUT2D eigenvalue weighted by atomic mass is 16.6. The number of anilines is 2. The Morgan fingerprint density at radius 2 is 1.68 bits per heavy atom. The molecule has 0 saturated heterocycles. The topological polar surface area (TPSA) is 61.9 Å². The maximum Gasteiger partial charge on any atom is 0.408 e. The van der Waals surface area contributed by atoms with Crippen LogP contribution in [0, 0.1) is 0 Å². The van der Waals surface area contributed by atoms with Crippen molar-refractivity contribution >= 4 is 23.4 Å². The quantitative estimate of drug-likeness (QED) is 0.883. The number of carbonyl (C=O) groups is 2. The Hall–Kier alpha value is -3.02. The second-order valence-electron chi connectivity index (χ2n) is 7.95. The Kier molecular flexibility index (Phi) is 5.58. The Morgan fingerprint density at radius 1 is 1.07 bits per heavy atom. The molecule has 3 rings (SSSR count). The Bertz CT molecular complexity index is 846. The summed E-state index contributed by atoms with van der Waals surface area (Å²) in [5.41, 5.74) is 2.27. The normalized spacial score (nSPS) is 17.0. The Morgan fingerprint density at radius 3 is 2.32 bits per heavy atom. The molecule has 1 atom stereocenters. The lowest BCUT2D eigenvalue weighted by Gasteiger charge is -2.27. The molecular weight excluding hydrogens is 354 g/mol. The van der Waals surface area contributed by atoms with E-state index in [4.69, 9.17) is 4.74 Å². The predicted octanol–water partition coefficient (Wildman–Crippen LogP) is 3.56. The molecule has 0 spiro atoms. The summed E-state index contributed by atoms with van der Waals surface area (Å²) in [6, 6.07) is 17.1. The van der Waals surface area contributed by atoms with Crippen LogP contribution >= 0.6 is 0 Å².